The van der Waals surface area contributed by atoms with E-state index in [4.69, 9.17) is 0 Å². The van der Waals surface area contributed by atoms with Crippen molar-refractivity contribution in [3.63, 3.8) is 0 Å². The van der Waals surface area contributed by atoms with Crippen LogP contribution in [0.1, 0.15) is 20.8 Å². The van der Waals surface area contributed by atoms with Crippen molar-refractivity contribution in [3.05, 3.63) is 24.5 Å². The smallest absolute Gasteiger partial charge is 0.242 e. The van der Waals surface area contributed by atoms with Crippen molar-refractivity contribution < 1.29 is 8.42 Å². The number of rotatable bonds is 7. The molecule has 0 spiro atoms. The van der Waals surface area contributed by atoms with Crippen molar-refractivity contribution in [3.8, 4) is 0 Å². The normalized spacial score (nSPS) is 13.8. The molecular formula is C12H21N3O2S. The Kier molecular flexibility index (Phi) is 5.71. The Bertz CT molecular complexity index is 444. The van der Waals surface area contributed by atoms with Crippen LogP contribution in [-0.2, 0) is 10.0 Å². The van der Waals surface area contributed by atoms with Crippen molar-refractivity contribution in [2.45, 2.75) is 31.7 Å². The lowest BCUT2D eigenvalue weighted by Gasteiger charge is -2.26. The third-order valence-corrected chi connectivity index (χ3v) is 4.36. The molecule has 0 unspecified atom stereocenters. The topological polar surface area (TPSA) is 62.3 Å². The molecule has 0 aliphatic carbocycles. The molecule has 0 fully saturated rings. The molecule has 1 atom stereocenters. The number of hydrogen-bond donors (Lipinski definition) is 1. The highest BCUT2D eigenvalue weighted by atomic mass is 32.2. The monoisotopic (exact) mass is 271 g/mol. The molecule has 1 aromatic heterocycles. The van der Waals surface area contributed by atoms with Crippen LogP contribution in [0.3, 0.4) is 0 Å². The third kappa shape index (κ3) is 4.04. The second-order valence-corrected chi connectivity index (χ2v) is 5.88. The first-order chi connectivity index (χ1) is 8.51. The molecule has 1 aromatic rings. The van der Waals surface area contributed by atoms with E-state index < -0.39 is 10.0 Å². The van der Waals surface area contributed by atoms with Crippen molar-refractivity contribution in [1.82, 2.24) is 14.6 Å². The Morgan fingerprint density at radius 2 is 2.06 bits per heavy atom. The summed E-state index contributed by atoms with van der Waals surface area (Å²) in [6.45, 7) is 8.36. The third-order valence-electron chi connectivity index (χ3n) is 2.95. The molecular weight excluding hydrogens is 250 g/mol. The van der Waals surface area contributed by atoms with E-state index in [2.05, 4.69) is 28.5 Å². The van der Waals surface area contributed by atoms with Gasteiger partial charge in [0.1, 0.15) is 4.90 Å². The van der Waals surface area contributed by atoms with Gasteiger partial charge < -0.3 is 0 Å². The molecule has 1 rings (SSSR count). The van der Waals surface area contributed by atoms with E-state index in [0.29, 0.717) is 6.54 Å². The number of nitrogens with zero attached hydrogens (tertiary/aromatic N) is 2. The number of sulfonamides is 1. The molecule has 6 heteroatoms. The summed E-state index contributed by atoms with van der Waals surface area (Å²) in [5.41, 5.74) is 0. The van der Waals surface area contributed by atoms with Gasteiger partial charge in [0, 0.05) is 25.0 Å². The zero-order valence-corrected chi connectivity index (χ0v) is 11.9. The average molecular weight is 271 g/mol. The first-order valence-electron chi connectivity index (χ1n) is 6.15. The number of pyridine rings is 1. The Morgan fingerprint density at radius 3 is 2.56 bits per heavy atom. The van der Waals surface area contributed by atoms with E-state index in [1.165, 1.54) is 12.3 Å². The van der Waals surface area contributed by atoms with E-state index in [-0.39, 0.29) is 10.9 Å². The maximum atomic E-state index is 12.0. The molecule has 0 bridgehead atoms. The van der Waals surface area contributed by atoms with Gasteiger partial charge in [-0.05, 0) is 32.1 Å². The molecule has 1 heterocycles. The highest BCUT2D eigenvalue weighted by Gasteiger charge is 2.17. The Labute approximate surface area is 109 Å². The average Bonchev–Trinajstić information content (AvgIpc) is 2.39. The summed E-state index contributed by atoms with van der Waals surface area (Å²) < 4.78 is 26.5. The number of hydrogen-bond acceptors (Lipinski definition) is 4. The minimum atomic E-state index is -3.44. The van der Waals surface area contributed by atoms with Crippen molar-refractivity contribution in [1.29, 1.82) is 0 Å². The largest absolute Gasteiger partial charge is 0.300 e. The number of nitrogens with one attached hydrogen (secondary N) is 1. The fourth-order valence-electron chi connectivity index (χ4n) is 1.80. The zero-order chi connectivity index (χ0) is 13.6. The van der Waals surface area contributed by atoms with E-state index in [1.807, 2.05) is 6.92 Å². The molecule has 0 amide bonds. The summed E-state index contributed by atoms with van der Waals surface area (Å²) in [5, 5.41) is 0. The molecule has 18 heavy (non-hydrogen) atoms. The zero-order valence-electron chi connectivity index (χ0n) is 11.1. The Hall–Kier alpha value is -0.980. The van der Waals surface area contributed by atoms with Crippen LogP contribution in [0.4, 0.5) is 0 Å². The van der Waals surface area contributed by atoms with Crippen molar-refractivity contribution in [2.24, 2.45) is 0 Å². The Morgan fingerprint density at radius 1 is 1.39 bits per heavy atom. The first kappa shape index (κ1) is 15.1. The lowest BCUT2D eigenvalue weighted by molar-refractivity contribution is 0.232. The van der Waals surface area contributed by atoms with Gasteiger partial charge >= 0.3 is 0 Å². The van der Waals surface area contributed by atoms with Crippen LogP contribution in [0.15, 0.2) is 29.4 Å². The van der Waals surface area contributed by atoms with E-state index in [1.54, 1.807) is 12.3 Å². The highest BCUT2D eigenvalue weighted by Crippen LogP contribution is 2.06. The van der Waals surface area contributed by atoms with E-state index >= 15 is 0 Å². The van der Waals surface area contributed by atoms with Gasteiger partial charge in [-0.3, -0.25) is 9.88 Å². The molecule has 0 saturated carbocycles. The quantitative estimate of drug-likeness (QED) is 0.806. The molecule has 0 aromatic carbocycles. The van der Waals surface area contributed by atoms with Crippen molar-refractivity contribution >= 4 is 10.0 Å². The summed E-state index contributed by atoms with van der Waals surface area (Å²) in [6.07, 6.45) is 2.90. The molecule has 0 aliphatic heterocycles. The van der Waals surface area contributed by atoms with Crippen LogP contribution in [0.5, 0.6) is 0 Å². The Balaban J connectivity index is 2.63. The van der Waals surface area contributed by atoms with Gasteiger partial charge in [-0.25, -0.2) is 13.1 Å². The van der Waals surface area contributed by atoms with E-state index in [0.717, 1.165) is 13.1 Å². The van der Waals surface area contributed by atoms with Gasteiger partial charge in [-0.15, -0.1) is 0 Å². The maximum Gasteiger partial charge on any atom is 0.242 e. The fraction of sp³-hybridized carbons (Fsp3) is 0.583. The summed E-state index contributed by atoms with van der Waals surface area (Å²) in [5.74, 6) is 0. The number of likely N-dealkylation sites (N-methyl/N-ethyl adjacent to an activating group) is 1. The lowest BCUT2D eigenvalue weighted by atomic mass is 10.3. The minimum Gasteiger partial charge on any atom is -0.300 e. The van der Waals surface area contributed by atoms with E-state index in [9.17, 15) is 8.42 Å². The van der Waals surface area contributed by atoms with Crippen molar-refractivity contribution in [2.75, 3.05) is 19.6 Å². The lowest BCUT2D eigenvalue weighted by Crippen LogP contribution is -2.41. The van der Waals surface area contributed by atoms with Gasteiger partial charge in [-0.2, -0.15) is 0 Å². The van der Waals surface area contributed by atoms with Crippen LogP contribution >= 0.6 is 0 Å². The predicted octanol–water partition coefficient (Wildman–Crippen LogP) is 1.09. The molecule has 5 nitrogen and oxygen atoms in total. The first-order valence-corrected chi connectivity index (χ1v) is 7.63. The van der Waals surface area contributed by atoms with Crippen LogP contribution < -0.4 is 4.72 Å². The summed E-state index contributed by atoms with van der Waals surface area (Å²) in [6, 6.07) is 3.33. The van der Waals surface area contributed by atoms with Gasteiger partial charge in [-0.1, -0.05) is 13.8 Å². The van der Waals surface area contributed by atoms with Crippen LogP contribution in [0.2, 0.25) is 0 Å². The maximum absolute atomic E-state index is 12.0. The fourth-order valence-corrected chi connectivity index (χ4v) is 2.88. The van der Waals surface area contributed by atoms with Gasteiger partial charge in [0.25, 0.3) is 0 Å². The second-order valence-electron chi connectivity index (χ2n) is 4.11. The molecule has 0 radical (unpaired) electrons. The molecule has 102 valence electrons. The second kappa shape index (κ2) is 6.82. The van der Waals surface area contributed by atoms with Crippen LogP contribution in [-0.4, -0.2) is 44.0 Å². The van der Waals surface area contributed by atoms with Crippen LogP contribution in [0.25, 0.3) is 0 Å². The molecule has 0 saturated heterocycles. The van der Waals surface area contributed by atoms with Gasteiger partial charge in [0.2, 0.25) is 10.0 Å². The summed E-state index contributed by atoms with van der Waals surface area (Å²) in [4.78, 5) is 6.22. The summed E-state index contributed by atoms with van der Waals surface area (Å²) in [7, 11) is -3.44. The summed E-state index contributed by atoms with van der Waals surface area (Å²) >= 11 is 0. The predicted molar refractivity (Wildman–Crippen MR) is 71.8 cm³/mol. The SMILES string of the molecule is CCN(CC)[C@H](C)CNS(=O)(=O)c1cccnc1. The molecule has 0 aliphatic rings. The van der Waals surface area contributed by atoms with Gasteiger partial charge in [0.05, 0.1) is 0 Å². The standard InChI is InChI=1S/C12H21N3O2S/c1-4-15(5-2)11(3)9-14-18(16,17)12-7-6-8-13-10-12/h6-8,10-11,14H,4-5,9H2,1-3H3/t11-/m1/s1. The van der Waals surface area contributed by atoms with Gasteiger partial charge in [0.15, 0.2) is 0 Å². The van der Waals surface area contributed by atoms with Crippen LogP contribution in [0, 0.1) is 0 Å². The highest BCUT2D eigenvalue weighted by molar-refractivity contribution is 7.89. The number of aromatic nitrogens is 1. The minimum absolute atomic E-state index is 0.173. The molecule has 1 N–H and O–H groups in total.